The van der Waals surface area contributed by atoms with Crippen LogP contribution in [-0.4, -0.2) is 21.3 Å². The molecule has 5 heteroatoms. The first-order valence-electron chi connectivity index (χ1n) is 5.25. The van der Waals surface area contributed by atoms with E-state index in [-0.39, 0.29) is 6.42 Å². The Labute approximate surface area is 88.5 Å². The van der Waals surface area contributed by atoms with Crippen molar-refractivity contribution in [2.45, 2.75) is 45.4 Å². The molecule has 1 N–H and O–H groups in total. The van der Waals surface area contributed by atoms with E-state index in [1.807, 2.05) is 0 Å². The molecule has 0 aliphatic heterocycles. The van der Waals surface area contributed by atoms with Crippen LogP contribution in [0.4, 0.5) is 0 Å². The third-order valence-corrected chi connectivity index (χ3v) is 2.03. The van der Waals surface area contributed by atoms with Crippen LogP contribution < -0.4 is 0 Å². The van der Waals surface area contributed by atoms with Gasteiger partial charge in [0.2, 0.25) is 11.8 Å². The van der Waals surface area contributed by atoms with Gasteiger partial charge in [-0.15, -0.1) is 10.2 Å². The number of hydrogen-bond acceptors (Lipinski definition) is 4. The lowest BCUT2D eigenvalue weighted by Crippen LogP contribution is -1.95. The van der Waals surface area contributed by atoms with Crippen LogP contribution >= 0.6 is 0 Å². The number of aryl methyl sites for hydroxylation is 2. The Morgan fingerprint density at radius 3 is 2.40 bits per heavy atom. The van der Waals surface area contributed by atoms with Crippen molar-refractivity contribution in [3.63, 3.8) is 0 Å². The summed E-state index contributed by atoms with van der Waals surface area (Å²) in [4.78, 5) is 10.3. The Bertz CT molecular complexity index is 309. The van der Waals surface area contributed by atoms with Gasteiger partial charge in [-0.2, -0.15) is 0 Å². The summed E-state index contributed by atoms with van der Waals surface area (Å²) in [5.41, 5.74) is 0. The summed E-state index contributed by atoms with van der Waals surface area (Å²) < 4.78 is 5.35. The first-order valence-corrected chi connectivity index (χ1v) is 5.25. The lowest BCUT2D eigenvalue weighted by molar-refractivity contribution is -0.137. The molecule has 1 aromatic heterocycles. The minimum Gasteiger partial charge on any atom is -0.481 e. The Kier molecular flexibility index (Phi) is 4.80. The molecule has 1 aromatic rings. The van der Waals surface area contributed by atoms with Gasteiger partial charge in [-0.1, -0.05) is 13.3 Å². The minimum atomic E-state index is -0.791. The largest absolute Gasteiger partial charge is 0.481 e. The zero-order valence-electron chi connectivity index (χ0n) is 8.90. The zero-order valence-corrected chi connectivity index (χ0v) is 8.90. The van der Waals surface area contributed by atoms with Crippen molar-refractivity contribution in [1.29, 1.82) is 0 Å². The fraction of sp³-hybridized carbons (Fsp3) is 0.700. The van der Waals surface area contributed by atoms with Gasteiger partial charge in [0, 0.05) is 19.3 Å². The van der Waals surface area contributed by atoms with E-state index in [9.17, 15) is 4.79 Å². The average molecular weight is 212 g/mol. The van der Waals surface area contributed by atoms with Crippen molar-refractivity contribution in [2.75, 3.05) is 0 Å². The Morgan fingerprint density at radius 1 is 1.27 bits per heavy atom. The van der Waals surface area contributed by atoms with Gasteiger partial charge in [-0.25, -0.2) is 0 Å². The van der Waals surface area contributed by atoms with Gasteiger partial charge in [-0.3, -0.25) is 4.79 Å². The molecule has 0 fully saturated rings. The van der Waals surface area contributed by atoms with Gasteiger partial charge in [0.1, 0.15) is 0 Å². The molecule has 0 aromatic carbocycles. The van der Waals surface area contributed by atoms with E-state index in [0.717, 1.165) is 19.3 Å². The summed E-state index contributed by atoms with van der Waals surface area (Å²) in [5, 5.41) is 16.2. The highest BCUT2D eigenvalue weighted by Crippen LogP contribution is 2.07. The van der Waals surface area contributed by atoms with Crippen molar-refractivity contribution < 1.29 is 14.3 Å². The van der Waals surface area contributed by atoms with E-state index < -0.39 is 5.97 Å². The lowest BCUT2D eigenvalue weighted by atomic mass is 10.2. The molecule has 0 radical (unpaired) electrons. The molecule has 1 heterocycles. The quantitative estimate of drug-likeness (QED) is 0.746. The summed E-state index contributed by atoms with van der Waals surface area (Å²) in [6, 6.07) is 0. The third kappa shape index (κ3) is 4.58. The summed E-state index contributed by atoms with van der Waals surface area (Å²) in [6.45, 7) is 2.10. The molecule has 0 aliphatic carbocycles. The van der Waals surface area contributed by atoms with Crippen molar-refractivity contribution in [1.82, 2.24) is 10.2 Å². The van der Waals surface area contributed by atoms with Gasteiger partial charge in [0.05, 0.1) is 0 Å². The molecule has 0 atom stereocenters. The molecule has 15 heavy (non-hydrogen) atoms. The second-order valence-corrected chi connectivity index (χ2v) is 3.44. The molecular weight excluding hydrogens is 196 g/mol. The fourth-order valence-electron chi connectivity index (χ4n) is 1.21. The minimum absolute atomic E-state index is 0.146. The molecule has 0 amide bonds. The van der Waals surface area contributed by atoms with Crippen LogP contribution in [0.2, 0.25) is 0 Å². The van der Waals surface area contributed by atoms with Gasteiger partial charge < -0.3 is 9.52 Å². The highest BCUT2D eigenvalue weighted by Gasteiger charge is 2.06. The number of carbonyl (C=O) groups is 1. The molecule has 0 saturated carbocycles. The normalized spacial score (nSPS) is 10.5. The fourth-order valence-corrected chi connectivity index (χ4v) is 1.21. The van der Waals surface area contributed by atoms with Crippen LogP contribution in [0.25, 0.3) is 0 Å². The molecular formula is C10H16N2O3. The SMILES string of the molecule is CCCCc1nnc(CCCC(=O)O)o1. The standard InChI is InChI=1S/C10H16N2O3/c1-2-3-5-8-11-12-9(15-8)6-4-7-10(13)14/h2-7H2,1H3,(H,13,14). The van der Waals surface area contributed by atoms with E-state index in [0.29, 0.717) is 24.6 Å². The Balaban J connectivity index is 2.29. The van der Waals surface area contributed by atoms with E-state index >= 15 is 0 Å². The van der Waals surface area contributed by atoms with Crippen LogP contribution in [0, 0.1) is 0 Å². The number of aromatic nitrogens is 2. The summed E-state index contributed by atoms with van der Waals surface area (Å²) >= 11 is 0. The topological polar surface area (TPSA) is 76.2 Å². The average Bonchev–Trinajstić information content (AvgIpc) is 2.62. The number of hydrogen-bond donors (Lipinski definition) is 1. The summed E-state index contributed by atoms with van der Waals surface area (Å²) in [5.74, 6) is 0.408. The van der Waals surface area contributed by atoms with Crippen LogP contribution in [0.1, 0.15) is 44.4 Å². The van der Waals surface area contributed by atoms with Gasteiger partial charge >= 0.3 is 5.97 Å². The second kappa shape index (κ2) is 6.16. The predicted molar refractivity (Wildman–Crippen MR) is 53.5 cm³/mol. The van der Waals surface area contributed by atoms with Crippen molar-refractivity contribution in [2.24, 2.45) is 0 Å². The van der Waals surface area contributed by atoms with E-state index in [1.165, 1.54) is 0 Å². The molecule has 1 rings (SSSR count). The van der Waals surface area contributed by atoms with Gasteiger partial charge in [0.25, 0.3) is 0 Å². The van der Waals surface area contributed by atoms with E-state index in [2.05, 4.69) is 17.1 Å². The molecule has 0 saturated heterocycles. The number of unbranched alkanes of at least 4 members (excludes halogenated alkanes) is 1. The molecule has 0 unspecified atom stereocenters. The van der Waals surface area contributed by atoms with Crippen molar-refractivity contribution >= 4 is 5.97 Å². The van der Waals surface area contributed by atoms with Crippen LogP contribution in [0.5, 0.6) is 0 Å². The van der Waals surface area contributed by atoms with Gasteiger partial charge in [-0.05, 0) is 12.8 Å². The first kappa shape index (κ1) is 11.7. The maximum absolute atomic E-state index is 10.3. The number of carboxylic acid groups (broad SMARTS) is 1. The molecule has 84 valence electrons. The highest BCUT2D eigenvalue weighted by molar-refractivity contribution is 5.66. The number of carboxylic acids is 1. The monoisotopic (exact) mass is 212 g/mol. The van der Waals surface area contributed by atoms with Crippen LogP contribution in [0.15, 0.2) is 4.42 Å². The van der Waals surface area contributed by atoms with E-state index in [4.69, 9.17) is 9.52 Å². The molecule has 0 spiro atoms. The maximum atomic E-state index is 10.3. The highest BCUT2D eigenvalue weighted by atomic mass is 16.4. The molecule has 0 bridgehead atoms. The van der Waals surface area contributed by atoms with E-state index in [1.54, 1.807) is 0 Å². The lowest BCUT2D eigenvalue weighted by Gasteiger charge is -1.92. The summed E-state index contributed by atoms with van der Waals surface area (Å²) in [7, 11) is 0. The van der Waals surface area contributed by atoms with Gasteiger partial charge in [0.15, 0.2) is 0 Å². The number of nitrogens with zero attached hydrogens (tertiary/aromatic N) is 2. The Hall–Kier alpha value is -1.39. The second-order valence-electron chi connectivity index (χ2n) is 3.44. The van der Waals surface area contributed by atoms with Crippen molar-refractivity contribution in [3.05, 3.63) is 11.8 Å². The zero-order chi connectivity index (χ0) is 11.1. The van der Waals surface area contributed by atoms with Crippen LogP contribution in [-0.2, 0) is 17.6 Å². The smallest absolute Gasteiger partial charge is 0.303 e. The first-order chi connectivity index (χ1) is 7.22. The predicted octanol–water partition coefficient (Wildman–Crippen LogP) is 1.82. The van der Waals surface area contributed by atoms with Crippen molar-refractivity contribution in [3.8, 4) is 0 Å². The molecule has 0 aliphatic rings. The number of rotatable bonds is 7. The van der Waals surface area contributed by atoms with Crippen LogP contribution in [0.3, 0.4) is 0 Å². The Morgan fingerprint density at radius 2 is 1.87 bits per heavy atom. The molecule has 5 nitrogen and oxygen atoms in total. The maximum Gasteiger partial charge on any atom is 0.303 e. The summed E-state index contributed by atoms with van der Waals surface area (Å²) in [6.07, 6.45) is 4.18. The third-order valence-electron chi connectivity index (χ3n) is 2.03. The number of aliphatic carboxylic acids is 1.